The van der Waals surface area contributed by atoms with Crippen LogP contribution in [0.5, 0.6) is 5.75 Å². The molecule has 12 heteroatoms. The minimum absolute atomic E-state index is 0.0868. The predicted molar refractivity (Wildman–Crippen MR) is 156 cm³/mol. The van der Waals surface area contributed by atoms with Gasteiger partial charge in [-0.25, -0.2) is 40.7 Å². The molecule has 0 spiro atoms. The van der Waals surface area contributed by atoms with Gasteiger partial charge in [0.1, 0.15) is 34.6 Å². The second-order valence-corrected chi connectivity index (χ2v) is 11.9. The lowest BCUT2D eigenvalue weighted by Gasteiger charge is -2.28. The first kappa shape index (κ1) is 34.3. The first-order valence-corrected chi connectivity index (χ1v) is 15.4. The standard InChI is InChI=1S/C35H31F9N2O/c1-2-3-4-5-19-6-8-21(9-7-19)23-17-45-34(46-18-23)22-13-28(38)32(29(39)14-22)35(43,44)47-24-15-26(36)25(27(37)16-24)10-20-11-30(40)33(42)31(41)12-20/h11-19,21H,2-10H2,1H3. The van der Waals surface area contributed by atoms with E-state index in [0.717, 1.165) is 31.2 Å². The Morgan fingerprint density at radius 1 is 0.723 bits per heavy atom. The molecule has 0 atom stereocenters. The van der Waals surface area contributed by atoms with Gasteiger partial charge in [-0.3, -0.25) is 0 Å². The summed E-state index contributed by atoms with van der Waals surface area (Å²) in [5, 5.41) is 0. The summed E-state index contributed by atoms with van der Waals surface area (Å²) in [5.41, 5.74) is -2.27. The van der Waals surface area contributed by atoms with E-state index in [1.807, 2.05) is 0 Å². The summed E-state index contributed by atoms with van der Waals surface area (Å²) in [6.45, 7) is 2.18. The third-order valence-electron chi connectivity index (χ3n) is 8.58. The molecule has 1 saturated carbocycles. The fourth-order valence-electron chi connectivity index (χ4n) is 6.07. The summed E-state index contributed by atoms with van der Waals surface area (Å²) in [7, 11) is 0. The minimum atomic E-state index is -4.73. The van der Waals surface area contributed by atoms with Crippen LogP contribution >= 0.6 is 0 Å². The Balaban J connectivity index is 1.28. The van der Waals surface area contributed by atoms with Crippen LogP contribution in [-0.4, -0.2) is 9.97 Å². The average molecular weight is 667 g/mol. The molecule has 1 aromatic heterocycles. The van der Waals surface area contributed by atoms with Crippen LogP contribution in [0.2, 0.25) is 0 Å². The highest BCUT2D eigenvalue weighted by Crippen LogP contribution is 2.39. The van der Waals surface area contributed by atoms with Crippen molar-refractivity contribution in [2.75, 3.05) is 0 Å². The third kappa shape index (κ3) is 7.90. The maximum Gasteiger partial charge on any atom is 0.432 e. The van der Waals surface area contributed by atoms with E-state index < -0.39 is 70.1 Å². The summed E-state index contributed by atoms with van der Waals surface area (Å²) < 4.78 is 134. The SMILES string of the molecule is CCCCCC1CCC(c2cnc(-c3cc(F)c(C(F)(F)Oc4cc(F)c(Cc5cc(F)c(F)c(F)c5)c(F)c4)c(F)c3)nc2)CC1. The molecule has 1 heterocycles. The summed E-state index contributed by atoms with van der Waals surface area (Å²) in [6.07, 6.45) is 6.68. The molecule has 4 aromatic rings. The molecule has 1 aliphatic carbocycles. The number of ether oxygens (including phenoxy) is 1. The van der Waals surface area contributed by atoms with Crippen LogP contribution in [-0.2, 0) is 12.5 Å². The molecule has 0 N–H and O–H groups in total. The lowest BCUT2D eigenvalue weighted by molar-refractivity contribution is -0.189. The Morgan fingerprint density at radius 3 is 1.85 bits per heavy atom. The molecule has 250 valence electrons. The zero-order chi connectivity index (χ0) is 33.9. The van der Waals surface area contributed by atoms with Gasteiger partial charge in [0.25, 0.3) is 0 Å². The van der Waals surface area contributed by atoms with Crippen molar-refractivity contribution < 1.29 is 44.3 Å². The van der Waals surface area contributed by atoms with E-state index in [4.69, 9.17) is 0 Å². The van der Waals surface area contributed by atoms with Crippen LogP contribution in [0, 0.1) is 46.6 Å². The van der Waals surface area contributed by atoms with Crippen molar-refractivity contribution in [1.29, 1.82) is 0 Å². The monoisotopic (exact) mass is 666 g/mol. The molecular formula is C35H31F9N2O. The summed E-state index contributed by atoms with van der Waals surface area (Å²) in [5.74, 6) is -11.6. The maximum absolute atomic E-state index is 15.0. The molecular weight excluding hydrogens is 635 g/mol. The quantitative estimate of drug-likeness (QED) is 0.0908. The Hall–Kier alpha value is -4.09. The Labute approximate surface area is 265 Å². The van der Waals surface area contributed by atoms with Gasteiger partial charge in [-0.15, -0.1) is 0 Å². The van der Waals surface area contributed by atoms with Gasteiger partial charge in [0.2, 0.25) is 0 Å². The highest BCUT2D eigenvalue weighted by molar-refractivity contribution is 5.56. The van der Waals surface area contributed by atoms with Crippen molar-refractivity contribution in [2.24, 2.45) is 5.92 Å². The number of halogens is 9. The van der Waals surface area contributed by atoms with Crippen LogP contribution < -0.4 is 4.74 Å². The third-order valence-corrected chi connectivity index (χ3v) is 8.58. The molecule has 0 aliphatic heterocycles. The average Bonchev–Trinajstić information content (AvgIpc) is 3.01. The molecule has 0 amide bonds. The molecule has 5 rings (SSSR count). The Morgan fingerprint density at radius 2 is 1.30 bits per heavy atom. The zero-order valence-corrected chi connectivity index (χ0v) is 25.3. The number of alkyl halides is 2. The number of nitrogens with zero attached hydrogens (tertiary/aromatic N) is 2. The van der Waals surface area contributed by atoms with Crippen molar-refractivity contribution in [1.82, 2.24) is 9.97 Å². The van der Waals surface area contributed by atoms with E-state index in [9.17, 15) is 30.7 Å². The van der Waals surface area contributed by atoms with Crippen molar-refractivity contribution in [3.8, 4) is 17.1 Å². The van der Waals surface area contributed by atoms with E-state index in [1.165, 1.54) is 25.7 Å². The second kappa shape index (κ2) is 14.4. The van der Waals surface area contributed by atoms with Gasteiger partial charge in [0.15, 0.2) is 23.3 Å². The molecule has 0 unspecified atom stereocenters. The molecule has 0 saturated heterocycles. The topological polar surface area (TPSA) is 35.0 Å². The van der Waals surface area contributed by atoms with E-state index in [0.29, 0.717) is 42.3 Å². The summed E-state index contributed by atoms with van der Waals surface area (Å²) >= 11 is 0. The summed E-state index contributed by atoms with van der Waals surface area (Å²) in [4.78, 5) is 8.42. The predicted octanol–water partition coefficient (Wildman–Crippen LogP) is 10.7. The van der Waals surface area contributed by atoms with E-state index in [1.54, 1.807) is 12.4 Å². The number of benzene rings is 3. The van der Waals surface area contributed by atoms with Gasteiger partial charge in [-0.05, 0) is 72.9 Å². The second-order valence-electron chi connectivity index (χ2n) is 11.9. The van der Waals surface area contributed by atoms with Crippen molar-refractivity contribution in [3.63, 3.8) is 0 Å². The number of hydrogen-bond donors (Lipinski definition) is 0. The van der Waals surface area contributed by atoms with Gasteiger partial charge in [-0.1, -0.05) is 32.6 Å². The number of hydrogen-bond acceptors (Lipinski definition) is 3. The van der Waals surface area contributed by atoms with Crippen LogP contribution in [0.25, 0.3) is 11.4 Å². The fraction of sp³-hybridized carbons (Fsp3) is 0.371. The maximum atomic E-state index is 15.0. The van der Waals surface area contributed by atoms with Gasteiger partial charge in [0.05, 0.1) is 0 Å². The van der Waals surface area contributed by atoms with E-state index in [2.05, 4.69) is 21.6 Å². The van der Waals surface area contributed by atoms with Crippen LogP contribution in [0.3, 0.4) is 0 Å². The molecule has 0 bridgehead atoms. The minimum Gasteiger partial charge on any atom is -0.429 e. The largest absolute Gasteiger partial charge is 0.432 e. The number of unbranched alkanes of at least 4 members (excludes halogenated alkanes) is 2. The molecule has 1 fully saturated rings. The molecule has 47 heavy (non-hydrogen) atoms. The van der Waals surface area contributed by atoms with Crippen molar-refractivity contribution >= 4 is 0 Å². The summed E-state index contributed by atoms with van der Waals surface area (Å²) in [6, 6.07) is 2.90. The molecule has 3 nitrogen and oxygen atoms in total. The number of aromatic nitrogens is 2. The Bertz CT molecular complexity index is 1650. The first-order chi connectivity index (χ1) is 22.4. The Kier molecular flexibility index (Phi) is 10.5. The van der Waals surface area contributed by atoms with E-state index in [-0.39, 0.29) is 22.9 Å². The highest BCUT2D eigenvalue weighted by atomic mass is 19.3. The van der Waals surface area contributed by atoms with Crippen LogP contribution in [0.15, 0.2) is 48.8 Å². The lowest BCUT2D eigenvalue weighted by Crippen LogP contribution is -2.25. The normalized spacial score (nSPS) is 16.8. The fourth-order valence-corrected chi connectivity index (χ4v) is 6.07. The van der Waals surface area contributed by atoms with Crippen molar-refractivity contribution in [2.45, 2.75) is 76.7 Å². The highest BCUT2D eigenvalue weighted by Gasteiger charge is 2.41. The van der Waals surface area contributed by atoms with Gasteiger partial charge in [-0.2, -0.15) is 8.78 Å². The lowest BCUT2D eigenvalue weighted by atomic mass is 9.77. The molecule has 1 aliphatic rings. The smallest absolute Gasteiger partial charge is 0.429 e. The molecule has 0 radical (unpaired) electrons. The van der Waals surface area contributed by atoms with Gasteiger partial charge >= 0.3 is 6.11 Å². The van der Waals surface area contributed by atoms with E-state index >= 15 is 8.78 Å². The van der Waals surface area contributed by atoms with Gasteiger partial charge < -0.3 is 4.74 Å². The number of rotatable bonds is 11. The molecule has 3 aromatic carbocycles. The van der Waals surface area contributed by atoms with Gasteiger partial charge in [0, 0.05) is 42.1 Å². The zero-order valence-electron chi connectivity index (χ0n) is 25.3. The first-order valence-electron chi connectivity index (χ1n) is 15.4. The van der Waals surface area contributed by atoms with Crippen LogP contribution in [0.4, 0.5) is 39.5 Å². The van der Waals surface area contributed by atoms with Crippen LogP contribution in [0.1, 0.15) is 86.5 Å². The van der Waals surface area contributed by atoms with Crippen molar-refractivity contribution in [3.05, 3.63) is 112 Å².